The topological polar surface area (TPSA) is 170 Å². The molecular formula is C22H37N4O10P. The van der Waals surface area contributed by atoms with E-state index in [1.807, 2.05) is 0 Å². The molecule has 1 aromatic heterocycles. The second-order valence-corrected chi connectivity index (χ2v) is 9.61. The number of esters is 2. The number of aryl methyl sites for hydroxylation is 1. The Morgan fingerprint density at radius 2 is 1.62 bits per heavy atom. The molecule has 0 bridgehead atoms. The van der Waals surface area contributed by atoms with E-state index in [-0.39, 0.29) is 0 Å². The van der Waals surface area contributed by atoms with Gasteiger partial charge in [-0.1, -0.05) is 26.8 Å². The molecule has 0 aliphatic carbocycles. The molecule has 15 heteroatoms. The SMILES string of the molecule is CCN(CC)CC.COC(=O)CN(CC(=O)OC)P(=O)(O)OC[C@@H]1C=C[C@H](n2cc(C)c(=O)[nH]c2=O)O1. The van der Waals surface area contributed by atoms with Gasteiger partial charge < -0.3 is 24.0 Å². The minimum absolute atomic E-state index is 0.299. The first kappa shape index (κ1) is 32.4. The van der Waals surface area contributed by atoms with Gasteiger partial charge in [-0.3, -0.25) is 28.5 Å². The summed E-state index contributed by atoms with van der Waals surface area (Å²) in [6.45, 7) is 9.86. The summed E-state index contributed by atoms with van der Waals surface area (Å²) in [4.78, 5) is 61.1. The third-order valence-corrected chi connectivity index (χ3v) is 6.89. The Hall–Kier alpha value is -2.61. The average molecular weight is 549 g/mol. The molecule has 1 aromatic rings. The van der Waals surface area contributed by atoms with E-state index in [4.69, 9.17) is 9.26 Å². The smallest absolute Gasteiger partial charge is 0.406 e. The lowest BCUT2D eigenvalue weighted by molar-refractivity contribution is -0.144. The van der Waals surface area contributed by atoms with Crippen LogP contribution < -0.4 is 11.2 Å². The van der Waals surface area contributed by atoms with Crippen LogP contribution in [0.4, 0.5) is 0 Å². The van der Waals surface area contributed by atoms with Crippen molar-refractivity contribution in [2.75, 3.05) is 53.6 Å². The molecule has 37 heavy (non-hydrogen) atoms. The van der Waals surface area contributed by atoms with Gasteiger partial charge in [0.15, 0.2) is 6.23 Å². The lowest BCUT2D eigenvalue weighted by Gasteiger charge is -2.25. The summed E-state index contributed by atoms with van der Waals surface area (Å²) in [7, 11) is -2.44. The van der Waals surface area contributed by atoms with Crippen LogP contribution in [0.1, 0.15) is 32.6 Å². The number of nitrogens with zero attached hydrogens (tertiary/aromatic N) is 3. The molecule has 0 aromatic carbocycles. The van der Waals surface area contributed by atoms with E-state index in [1.54, 1.807) is 0 Å². The van der Waals surface area contributed by atoms with Gasteiger partial charge in [0.1, 0.15) is 19.2 Å². The highest BCUT2D eigenvalue weighted by molar-refractivity contribution is 7.50. The molecule has 0 fully saturated rings. The predicted molar refractivity (Wildman–Crippen MR) is 134 cm³/mol. The van der Waals surface area contributed by atoms with Gasteiger partial charge in [-0.05, 0) is 32.6 Å². The molecule has 0 radical (unpaired) electrons. The maximum absolute atomic E-state index is 12.5. The molecular weight excluding hydrogens is 511 g/mol. The Balaban J connectivity index is 0.000000856. The summed E-state index contributed by atoms with van der Waals surface area (Å²) in [5, 5.41) is 0. The van der Waals surface area contributed by atoms with Gasteiger partial charge in [-0.15, -0.1) is 0 Å². The van der Waals surface area contributed by atoms with Crippen molar-refractivity contribution in [3.63, 3.8) is 0 Å². The molecule has 2 rings (SSSR count). The average Bonchev–Trinajstić information content (AvgIpc) is 3.34. The molecule has 1 aliphatic rings. The van der Waals surface area contributed by atoms with E-state index >= 15 is 0 Å². The van der Waals surface area contributed by atoms with Crippen LogP contribution >= 0.6 is 7.75 Å². The second kappa shape index (κ2) is 15.6. The molecule has 210 valence electrons. The van der Waals surface area contributed by atoms with Crippen molar-refractivity contribution in [2.45, 2.75) is 40.0 Å². The normalized spacial score (nSPS) is 18.3. The first-order valence-electron chi connectivity index (χ1n) is 11.7. The summed E-state index contributed by atoms with van der Waals surface area (Å²) < 4.78 is 33.8. The van der Waals surface area contributed by atoms with Crippen LogP contribution in [0.15, 0.2) is 27.9 Å². The standard InChI is InChI=1S/C16H22N3O10P.C6H15N/c1-10-6-19(16(23)17-15(10)22)12-5-4-11(29-12)9-28-30(24,25)18(7-13(20)26-2)8-14(21)27-3;1-4-7(5-2)6-3/h4-6,11-12H,7-9H2,1-3H3,(H,24,25)(H,17,22,23);4-6H2,1-3H3/t11-,12+;/m0./s1. The van der Waals surface area contributed by atoms with Gasteiger partial charge in [0.25, 0.3) is 5.56 Å². The lowest BCUT2D eigenvalue weighted by Crippen LogP contribution is -2.35. The number of methoxy groups -OCH3 is 2. The molecule has 3 atom stereocenters. The fourth-order valence-electron chi connectivity index (χ4n) is 3.10. The van der Waals surface area contributed by atoms with Crippen molar-refractivity contribution in [3.8, 4) is 0 Å². The summed E-state index contributed by atoms with van der Waals surface area (Å²) in [6, 6.07) is 0. The van der Waals surface area contributed by atoms with E-state index in [9.17, 15) is 28.6 Å². The molecule has 14 nitrogen and oxygen atoms in total. The number of nitrogens with one attached hydrogen (secondary N) is 1. The van der Waals surface area contributed by atoms with E-state index < -0.39 is 63.0 Å². The summed E-state index contributed by atoms with van der Waals surface area (Å²) in [5.74, 6) is -1.72. The van der Waals surface area contributed by atoms with Crippen LogP contribution in [0.2, 0.25) is 0 Å². The Morgan fingerprint density at radius 1 is 1.08 bits per heavy atom. The largest absolute Gasteiger partial charge is 0.468 e. The number of ether oxygens (including phenoxy) is 3. The first-order chi connectivity index (χ1) is 17.4. The number of aromatic amines is 1. The van der Waals surface area contributed by atoms with Crippen LogP contribution in [-0.4, -0.2) is 95.6 Å². The highest BCUT2D eigenvalue weighted by Gasteiger charge is 2.35. The number of carbonyl (C=O) groups excluding carboxylic acids is 2. The van der Waals surface area contributed by atoms with E-state index in [0.717, 1.165) is 18.8 Å². The summed E-state index contributed by atoms with van der Waals surface area (Å²) in [6.07, 6.45) is 2.66. The van der Waals surface area contributed by atoms with Crippen molar-refractivity contribution >= 4 is 19.7 Å². The maximum atomic E-state index is 12.5. The maximum Gasteiger partial charge on any atom is 0.406 e. The highest BCUT2D eigenvalue weighted by atomic mass is 31.2. The van der Waals surface area contributed by atoms with Crippen LogP contribution in [0.25, 0.3) is 0 Å². The lowest BCUT2D eigenvalue weighted by atomic mass is 10.3. The number of hydrogen-bond donors (Lipinski definition) is 2. The second-order valence-electron chi connectivity index (χ2n) is 7.81. The Labute approximate surface area is 215 Å². The predicted octanol–water partition coefficient (Wildman–Crippen LogP) is 0.412. The van der Waals surface area contributed by atoms with E-state index in [2.05, 4.69) is 40.1 Å². The van der Waals surface area contributed by atoms with Crippen molar-refractivity contribution in [2.24, 2.45) is 0 Å². The fraction of sp³-hybridized carbons (Fsp3) is 0.636. The number of rotatable bonds is 12. The molecule has 1 unspecified atom stereocenters. The molecule has 0 saturated carbocycles. The van der Waals surface area contributed by atoms with Gasteiger partial charge in [-0.2, -0.15) is 4.67 Å². The van der Waals surface area contributed by atoms with Gasteiger partial charge in [-0.25, -0.2) is 9.36 Å². The van der Waals surface area contributed by atoms with Gasteiger partial charge in [0.2, 0.25) is 0 Å². The third kappa shape index (κ3) is 10.3. The zero-order valence-electron chi connectivity index (χ0n) is 22.0. The number of aromatic nitrogens is 2. The molecule has 0 amide bonds. The number of carbonyl (C=O) groups is 2. The zero-order valence-corrected chi connectivity index (χ0v) is 22.9. The van der Waals surface area contributed by atoms with Crippen LogP contribution in [0.5, 0.6) is 0 Å². The first-order valence-corrected chi connectivity index (χ1v) is 13.2. The van der Waals surface area contributed by atoms with Crippen LogP contribution in [0.3, 0.4) is 0 Å². The fourth-order valence-corrected chi connectivity index (χ4v) is 4.19. The Morgan fingerprint density at radius 3 is 2.08 bits per heavy atom. The van der Waals surface area contributed by atoms with Crippen molar-refractivity contribution < 1.29 is 37.8 Å². The van der Waals surface area contributed by atoms with Gasteiger partial charge in [0, 0.05) is 11.8 Å². The van der Waals surface area contributed by atoms with Crippen molar-refractivity contribution in [1.29, 1.82) is 0 Å². The molecule has 2 heterocycles. The highest BCUT2D eigenvalue weighted by Crippen LogP contribution is 2.46. The van der Waals surface area contributed by atoms with E-state index in [0.29, 0.717) is 10.2 Å². The van der Waals surface area contributed by atoms with Crippen LogP contribution in [0, 0.1) is 6.92 Å². The molecule has 2 N–H and O–H groups in total. The molecule has 0 saturated heterocycles. The number of H-pyrrole nitrogens is 1. The molecule has 0 spiro atoms. The van der Waals surface area contributed by atoms with Crippen molar-refractivity contribution in [3.05, 3.63) is 44.8 Å². The van der Waals surface area contributed by atoms with E-state index in [1.165, 1.54) is 44.9 Å². The van der Waals surface area contributed by atoms with Gasteiger partial charge >= 0.3 is 25.4 Å². The number of hydrogen-bond acceptors (Lipinski definition) is 10. The van der Waals surface area contributed by atoms with Crippen LogP contribution in [-0.2, 0) is 32.9 Å². The molecule has 1 aliphatic heterocycles. The third-order valence-electron chi connectivity index (χ3n) is 5.41. The Bertz CT molecular complexity index is 1060. The quantitative estimate of drug-likeness (QED) is 0.210. The van der Waals surface area contributed by atoms with Gasteiger partial charge in [0.05, 0.1) is 20.8 Å². The minimum Gasteiger partial charge on any atom is -0.468 e. The summed E-state index contributed by atoms with van der Waals surface area (Å²) in [5.41, 5.74) is -0.903. The minimum atomic E-state index is -4.60. The van der Waals surface area contributed by atoms with Crippen molar-refractivity contribution in [1.82, 2.24) is 19.1 Å². The monoisotopic (exact) mass is 548 g/mol. The Kier molecular flexibility index (Phi) is 13.7. The zero-order chi connectivity index (χ0) is 28.2. The summed E-state index contributed by atoms with van der Waals surface area (Å²) >= 11 is 0.